The zero-order valence-electron chi connectivity index (χ0n) is 14.8. The molecule has 2 amide bonds. The van der Waals surface area contributed by atoms with Crippen molar-refractivity contribution >= 4 is 34.5 Å². The predicted octanol–water partition coefficient (Wildman–Crippen LogP) is 3.18. The number of carbonyl (C=O) groups excluding carboxylic acids is 3. The highest BCUT2D eigenvalue weighted by Crippen LogP contribution is 2.37. The number of amides is 2. The molecule has 1 aromatic carbocycles. The number of esters is 1. The molecule has 1 heterocycles. The lowest BCUT2D eigenvalue weighted by molar-refractivity contribution is -0.159. The summed E-state index contributed by atoms with van der Waals surface area (Å²) in [7, 11) is 1.60. The zero-order chi connectivity index (χ0) is 19.3. The van der Waals surface area contributed by atoms with Crippen LogP contribution < -0.4 is 4.90 Å². The Kier molecular flexibility index (Phi) is 6.58. The van der Waals surface area contributed by atoms with Gasteiger partial charge in [-0.05, 0) is 55.6 Å². The third kappa shape index (κ3) is 4.52. The molecule has 0 aromatic heterocycles. The molecule has 0 unspecified atom stereocenters. The number of urea groups is 1. The lowest BCUT2D eigenvalue weighted by Gasteiger charge is -2.40. The van der Waals surface area contributed by atoms with Crippen molar-refractivity contribution in [2.75, 3.05) is 31.6 Å². The average Bonchev–Trinajstić information content (AvgIpc) is 2.61. The van der Waals surface area contributed by atoms with Crippen molar-refractivity contribution in [2.24, 2.45) is 5.41 Å². The molecule has 8 heteroatoms. The molecule has 0 radical (unpaired) electrons. The summed E-state index contributed by atoms with van der Waals surface area (Å²) in [6.07, 6.45) is 0.490. The van der Waals surface area contributed by atoms with Crippen molar-refractivity contribution in [2.45, 2.75) is 26.2 Å². The summed E-state index contributed by atoms with van der Waals surface area (Å²) in [4.78, 5) is 39.4. The van der Waals surface area contributed by atoms with Crippen LogP contribution in [0.2, 0.25) is 0 Å². The van der Waals surface area contributed by atoms with Crippen LogP contribution in [0.3, 0.4) is 0 Å². The topological polar surface area (TPSA) is 66.9 Å². The Bertz CT molecular complexity index is 672. The van der Waals surface area contributed by atoms with Crippen molar-refractivity contribution in [3.63, 3.8) is 0 Å². The molecule has 1 saturated heterocycles. The lowest BCUT2D eigenvalue weighted by atomic mass is 9.76. The Morgan fingerprint density at radius 2 is 1.81 bits per heavy atom. The smallest absolute Gasteiger partial charge is 0.324 e. The van der Waals surface area contributed by atoms with Gasteiger partial charge >= 0.3 is 12.0 Å². The highest BCUT2D eigenvalue weighted by Gasteiger charge is 2.45. The minimum absolute atomic E-state index is 0.108. The summed E-state index contributed by atoms with van der Waals surface area (Å²) in [5.41, 5.74) is -0.422. The molecule has 0 atom stereocenters. The third-order valence-corrected chi connectivity index (χ3v) is 4.81. The third-order valence-electron chi connectivity index (χ3n) is 4.68. The fraction of sp³-hybridized carbons (Fsp3) is 0.500. The summed E-state index contributed by atoms with van der Waals surface area (Å²) in [5.74, 6) is -0.828. The Balaban J connectivity index is 2.07. The Morgan fingerprint density at radius 3 is 2.31 bits per heavy atom. The van der Waals surface area contributed by atoms with Gasteiger partial charge in [-0.15, -0.1) is 0 Å². The minimum Gasteiger partial charge on any atom is -0.466 e. The van der Waals surface area contributed by atoms with Crippen molar-refractivity contribution in [1.29, 1.82) is 0 Å². The fourth-order valence-electron chi connectivity index (χ4n) is 3.12. The van der Waals surface area contributed by atoms with E-state index in [4.69, 9.17) is 16.3 Å². The summed E-state index contributed by atoms with van der Waals surface area (Å²) >= 11 is 5.52. The number of hydrogen-bond donors (Lipinski definition) is 0. The zero-order valence-corrected chi connectivity index (χ0v) is 15.6. The molecule has 142 valence electrons. The molecule has 1 fully saturated rings. The highest BCUT2D eigenvalue weighted by molar-refractivity contribution is 6.63. The van der Waals surface area contributed by atoms with E-state index in [1.807, 2.05) is 0 Å². The summed E-state index contributed by atoms with van der Waals surface area (Å²) in [6.45, 7) is 2.51. The van der Waals surface area contributed by atoms with Gasteiger partial charge in [-0.2, -0.15) is 0 Å². The van der Waals surface area contributed by atoms with E-state index in [2.05, 4.69) is 0 Å². The monoisotopic (exact) mass is 384 g/mol. The van der Waals surface area contributed by atoms with Gasteiger partial charge in [0.1, 0.15) is 5.82 Å². The highest BCUT2D eigenvalue weighted by atomic mass is 35.5. The van der Waals surface area contributed by atoms with Crippen LogP contribution in [-0.4, -0.2) is 48.9 Å². The lowest BCUT2D eigenvalue weighted by Crippen LogP contribution is -2.51. The molecule has 0 aliphatic carbocycles. The molecule has 0 spiro atoms. The van der Waals surface area contributed by atoms with E-state index < -0.39 is 16.6 Å². The van der Waals surface area contributed by atoms with E-state index >= 15 is 0 Å². The van der Waals surface area contributed by atoms with Gasteiger partial charge in [0.05, 0.1) is 12.0 Å². The molecule has 6 nitrogen and oxygen atoms in total. The molecule has 1 aliphatic rings. The Morgan fingerprint density at radius 1 is 1.23 bits per heavy atom. The largest absolute Gasteiger partial charge is 0.466 e. The maximum Gasteiger partial charge on any atom is 0.324 e. The van der Waals surface area contributed by atoms with E-state index in [1.54, 1.807) is 18.9 Å². The van der Waals surface area contributed by atoms with E-state index in [0.29, 0.717) is 31.6 Å². The summed E-state index contributed by atoms with van der Waals surface area (Å²) in [6, 6.07) is 5.35. The number of hydrogen-bond acceptors (Lipinski definition) is 4. The standard InChI is InChI=1S/C18H22ClFN2O4/c1-3-26-16(24)18(12-15(19)23)8-10-22(11-9-18)17(25)21(2)14-6-4-13(20)5-7-14/h4-7H,3,8-12H2,1-2H3. The van der Waals surface area contributed by atoms with Crippen LogP contribution >= 0.6 is 11.6 Å². The van der Waals surface area contributed by atoms with Crippen LogP contribution in [0.1, 0.15) is 26.2 Å². The fourth-order valence-corrected chi connectivity index (χ4v) is 3.37. The first-order valence-corrected chi connectivity index (χ1v) is 8.80. The van der Waals surface area contributed by atoms with Crippen molar-refractivity contribution in [3.05, 3.63) is 30.1 Å². The molecule has 0 N–H and O–H groups in total. The van der Waals surface area contributed by atoms with Gasteiger partial charge in [0, 0.05) is 32.2 Å². The van der Waals surface area contributed by atoms with Gasteiger partial charge < -0.3 is 9.64 Å². The van der Waals surface area contributed by atoms with Crippen molar-refractivity contribution < 1.29 is 23.5 Å². The number of benzene rings is 1. The van der Waals surface area contributed by atoms with Gasteiger partial charge in [0.2, 0.25) is 5.24 Å². The van der Waals surface area contributed by atoms with Gasteiger partial charge in [-0.25, -0.2) is 9.18 Å². The van der Waals surface area contributed by atoms with Crippen LogP contribution in [0.25, 0.3) is 0 Å². The maximum atomic E-state index is 13.0. The van der Waals surface area contributed by atoms with Crippen LogP contribution in [0.5, 0.6) is 0 Å². The summed E-state index contributed by atoms with van der Waals surface area (Å²) < 4.78 is 18.1. The average molecular weight is 385 g/mol. The molecule has 26 heavy (non-hydrogen) atoms. The predicted molar refractivity (Wildman–Crippen MR) is 95.5 cm³/mol. The van der Waals surface area contributed by atoms with Gasteiger partial charge in [-0.1, -0.05) is 0 Å². The number of likely N-dealkylation sites (tertiary alicyclic amines) is 1. The van der Waals surface area contributed by atoms with E-state index in [0.717, 1.165) is 0 Å². The van der Waals surface area contributed by atoms with E-state index in [-0.39, 0.29) is 24.9 Å². The second-order valence-corrected chi connectivity index (χ2v) is 6.76. The Labute approximate surface area is 156 Å². The first-order valence-electron chi connectivity index (χ1n) is 8.43. The van der Waals surface area contributed by atoms with E-state index in [1.165, 1.54) is 29.2 Å². The minimum atomic E-state index is -0.986. The number of anilines is 1. The van der Waals surface area contributed by atoms with Crippen molar-refractivity contribution in [3.8, 4) is 0 Å². The van der Waals surface area contributed by atoms with Gasteiger partial charge in [0.15, 0.2) is 0 Å². The van der Waals surface area contributed by atoms with Crippen LogP contribution in [-0.2, 0) is 14.3 Å². The first kappa shape index (κ1) is 20.2. The number of ether oxygens (including phenoxy) is 1. The molecule has 1 aromatic rings. The second kappa shape index (κ2) is 8.49. The van der Waals surface area contributed by atoms with Crippen molar-refractivity contribution in [1.82, 2.24) is 4.90 Å². The van der Waals surface area contributed by atoms with Gasteiger partial charge in [-0.3, -0.25) is 14.5 Å². The Hall–Kier alpha value is -2.15. The van der Waals surface area contributed by atoms with E-state index in [9.17, 15) is 18.8 Å². The number of nitrogens with zero attached hydrogens (tertiary/aromatic N) is 2. The van der Waals surface area contributed by atoms with Crippen LogP contribution in [0, 0.1) is 11.2 Å². The van der Waals surface area contributed by atoms with Gasteiger partial charge in [0.25, 0.3) is 0 Å². The molecule has 0 bridgehead atoms. The van der Waals surface area contributed by atoms with Crippen LogP contribution in [0.4, 0.5) is 14.9 Å². The molecular formula is C18H22ClFN2O4. The number of rotatable bonds is 5. The molecular weight excluding hydrogens is 363 g/mol. The maximum absolute atomic E-state index is 13.0. The molecule has 0 saturated carbocycles. The number of piperidine rings is 1. The quantitative estimate of drug-likeness (QED) is 0.577. The number of carbonyl (C=O) groups is 3. The summed E-state index contributed by atoms with van der Waals surface area (Å²) in [5, 5.41) is -0.596. The first-order chi connectivity index (χ1) is 12.3. The molecule has 1 aliphatic heterocycles. The SMILES string of the molecule is CCOC(=O)C1(CC(=O)Cl)CCN(C(=O)N(C)c2ccc(F)cc2)CC1. The molecule has 2 rings (SSSR count). The normalized spacial score (nSPS) is 16.1. The van der Waals surface area contributed by atoms with Crippen LogP contribution in [0.15, 0.2) is 24.3 Å². The second-order valence-electron chi connectivity index (χ2n) is 6.34. The number of halogens is 2.